The second kappa shape index (κ2) is 8.55. The fourth-order valence-electron chi connectivity index (χ4n) is 2.21. The highest BCUT2D eigenvalue weighted by atomic mass is 16.6. The lowest BCUT2D eigenvalue weighted by Crippen LogP contribution is -2.22. The lowest BCUT2D eigenvalue weighted by Gasteiger charge is -2.18. The molecule has 0 spiro atoms. The summed E-state index contributed by atoms with van der Waals surface area (Å²) in [5.74, 6) is 0.216. The van der Waals surface area contributed by atoms with Gasteiger partial charge in [0, 0.05) is 25.7 Å². The number of benzene rings is 1. The van der Waals surface area contributed by atoms with Gasteiger partial charge < -0.3 is 4.90 Å². The minimum absolute atomic E-state index is 0.00158. The van der Waals surface area contributed by atoms with Crippen molar-refractivity contribution >= 4 is 28.7 Å². The van der Waals surface area contributed by atoms with E-state index in [0.717, 1.165) is 12.8 Å². The van der Waals surface area contributed by atoms with E-state index in [9.17, 15) is 20.2 Å². The van der Waals surface area contributed by atoms with Crippen LogP contribution in [0.5, 0.6) is 0 Å². The summed E-state index contributed by atoms with van der Waals surface area (Å²) in [6.07, 6.45) is 3.07. The lowest BCUT2D eigenvalue weighted by molar-refractivity contribution is -0.384. The van der Waals surface area contributed by atoms with Gasteiger partial charge in [-0.2, -0.15) is 0 Å². The summed E-state index contributed by atoms with van der Waals surface area (Å²) in [6.45, 7) is 2.66. The average Bonchev–Trinajstić information content (AvgIpc) is 2.64. The number of anilines is 3. The molecule has 2 rings (SSSR count). The molecule has 1 heterocycles. The number of rotatable bonds is 9. The Balaban J connectivity index is 2.20. The van der Waals surface area contributed by atoms with Gasteiger partial charge in [-0.25, -0.2) is 9.97 Å². The van der Waals surface area contributed by atoms with Crippen molar-refractivity contribution < 1.29 is 9.85 Å². The number of non-ortho nitro benzene ring substituents is 1. The van der Waals surface area contributed by atoms with Crippen LogP contribution < -0.4 is 15.8 Å². The number of hydrogen-bond donors (Lipinski definition) is 2. The van der Waals surface area contributed by atoms with E-state index in [4.69, 9.17) is 0 Å². The van der Waals surface area contributed by atoms with Gasteiger partial charge in [0.2, 0.25) is 11.6 Å². The molecule has 0 aliphatic heterocycles. The van der Waals surface area contributed by atoms with Crippen LogP contribution in [-0.4, -0.2) is 33.4 Å². The molecule has 0 aliphatic carbocycles. The molecule has 2 N–H and O–H groups in total. The Labute approximate surface area is 149 Å². The largest absolute Gasteiger partial charge is 0.355 e. The summed E-state index contributed by atoms with van der Waals surface area (Å²) in [5.41, 5.74) is 5.61. The minimum Gasteiger partial charge on any atom is -0.354 e. The van der Waals surface area contributed by atoms with Crippen LogP contribution in [0, 0.1) is 20.2 Å². The van der Waals surface area contributed by atoms with Crippen molar-refractivity contribution in [2.24, 2.45) is 0 Å². The maximum Gasteiger partial charge on any atom is 0.355 e. The lowest BCUT2D eigenvalue weighted by atomic mass is 10.3. The van der Waals surface area contributed by atoms with Crippen molar-refractivity contribution in [2.75, 3.05) is 29.3 Å². The standard InChI is InChI=1S/C15H19N7O4/c1-3-4-9-20(2)15-13(22(25)26)14(16-10-17-15)19-18-11-5-7-12(8-6-11)21(23)24/h5-8,10,18H,3-4,9H2,1-2H3,(H,16,17,19). The summed E-state index contributed by atoms with van der Waals surface area (Å²) in [5, 5.41) is 22.2. The second-order valence-electron chi connectivity index (χ2n) is 5.48. The first-order valence-corrected chi connectivity index (χ1v) is 7.91. The summed E-state index contributed by atoms with van der Waals surface area (Å²) in [4.78, 5) is 30.8. The van der Waals surface area contributed by atoms with E-state index in [2.05, 4.69) is 20.8 Å². The summed E-state index contributed by atoms with van der Waals surface area (Å²) in [7, 11) is 1.73. The number of hydrogen-bond acceptors (Lipinski definition) is 9. The van der Waals surface area contributed by atoms with Crippen molar-refractivity contribution in [3.63, 3.8) is 0 Å². The van der Waals surface area contributed by atoms with Gasteiger partial charge >= 0.3 is 5.69 Å². The Hall–Kier alpha value is -3.50. The van der Waals surface area contributed by atoms with Crippen molar-refractivity contribution in [1.82, 2.24) is 9.97 Å². The third-order valence-corrected chi connectivity index (χ3v) is 3.60. The van der Waals surface area contributed by atoms with Gasteiger partial charge in [0.1, 0.15) is 6.33 Å². The van der Waals surface area contributed by atoms with Gasteiger partial charge in [0.25, 0.3) is 5.69 Å². The van der Waals surface area contributed by atoms with Crippen molar-refractivity contribution in [2.45, 2.75) is 19.8 Å². The molecular formula is C15H19N7O4. The highest BCUT2D eigenvalue weighted by Gasteiger charge is 2.25. The molecule has 26 heavy (non-hydrogen) atoms. The molecule has 0 radical (unpaired) electrons. The summed E-state index contributed by atoms with van der Waals surface area (Å²) in [6, 6.07) is 5.60. The van der Waals surface area contributed by atoms with Crippen LogP contribution >= 0.6 is 0 Å². The van der Waals surface area contributed by atoms with Gasteiger partial charge in [-0.05, 0) is 18.6 Å². The number of nitro groups is 2. The SMILES string of the molecule is CCCCN(C)c1ncnc(NNc2ccc([N+](=O)[O-])cc2)c1[N+](=O)[O-]. The first-order chi connectivity index (χ1) is 12.4. The molecule has 0 bridgehead atoms. The third kappa shape index (κ3) is 4.53. The Morgan fingerprint density at radius 1 is 1.08 bits per heavy atom. The number of hydrazine groups is 1. The maximum atomic E-state index is 11.5. The minimum atomic E-state index is -0.544. The summed E-state index contributed by atoms with van der Waals surface area (Å²) < 4.78 is 0. The van der Waals surface area contributed by atoms with Crippen LogP contribution in [0.3, 0.4) is 0 Å². The molecule has 0 saturated carbocycles. The van der Waals surface area contributed by atoms with Crippen LogP contribution in [0.4, 0.5) is 28.7 Å². The molecule has 0 fully saturated rings. The Morgan fingerprint density at radius 2 is 1.77 bits per heavy atom. The average molecular weight is 361 g/mol. The first kappa shape index (κ1) is 18.8. The molecule has 1 aromatic carbocycles. The molecule has 0 aliphatic rings. The Bertz CT molecular complexity index is 782. The highest BCUT2D eigenvalue weighted by molar-refractivity contribution is 5.71. The second-order valence-corrected chi connectivity index (χ2v) is 5.48. The van der Waals surface area contributed by atoms with Gasteiger partial charge in [-0.3, -0.25) is 31.1 Å². The van der Waals surface area contributed by atoms with Gasteiger partial charge in [0.05, 0.1) is 15.5 Å². The Morgan fingerprint density at radius 3 is 2.35 bits per heavy atom. The zero-order chi connectivity index (χ0) is 19.1. The topological polar surface area (TPSA) is 139 Å². The summed E-state index contributed by atoms with van der Waals surface area (Å²) >= 11 is 0. The molecule has 0 amide bonds. The number of unbranched alkanes of at least 4 members (excludes halogenated alkanes) is 1. The van der Waals surface area contributed by atoms with E-state index < -0.39 is 9.85 Å². The van der Waals surface area contributed by atoms with Crippen molar-refractivity contribution in [3.05, 3.63) is 50.8 Å². The van der Waals surface area contributed by atoms with E-state index in [1.807, 2.05) is 6.92 Å². The monoisotopic (exact) mass is 361 g/mol. The quantitative estimate of drug-likeness (QED) is 0.509. The number of aromatic nitrogens is 2. The number of nitro benzene ring substituents is 1. The van der Waals surface area contributed by atoms with Gasteiger partial charge in [-0.1, -0.05) is 13.3 Å². The smallest absolute Gasteiger partial charge is 0.354 e. The highest BCUT2D eigenvalue weighted by Crippen LogP contribution is 2.31. The van der Waals surface area contributed by atoms with E-state index in [0.29, 0.717) is 12.2 Å². The third-order valence-electron chi connectivity index (χ3n) is 3.60. The molecule has 0 saturated heterocycles. The Kier molecular flexibility index (Phi) is 6.20. The molecule has 0 atom stereocenters. The van der Waals surface area contributed by atoms with Crippen LogP contribution in [0.2, 0.25) is 0 Å². The van der Waals surface area contributed by atoms with E-state index in [1.165, 1.54) is 30.6 Å². The zero-order valence-electron chi connectivity index (χ0n) is 14.4. The van der Waals surface area contributed by atoms with Crippen LogP contribution in [0.1, 0.15) is 19.8 Å². The number of nitrogens with one attached hydrogen (secondary N) is 2. The maximum absolute atomic E-state index is 11.5. The molecule has 11 heteroatoms. The normalized spacial score (nSPS) is 10.2. The van der Waals surface area contributed by atoms with E-state index >= 15 is 0 Å². The first-order valence-electron chi connectivity index (χ1n) is 7.91. The van der Waals surface area contributed by atoms with Gasteiger partial charge in [-0.15, -0.1) is 0 Å². The fourth-order valence-corrected chi connectivity index (χ4v) is 2.21. The molecule has 1 aromatic heterocycles. The van der Waals surface area contributed by atoms with Crippen LogP contribution in [0.25, 0.3) is 0 Å². The van der Waals surface area contributed by atoms with Crippen LogP contribution in [0.15, 0.2) is 30.6 Å². The predicted molar refractivity (Wildman–Crippen MR) is 97.2 cm³/mol. The zero-order valence-corrected chi connectivity index (χ0v) is 14.4. The molecule has 2 aromatic rings. The van der Waals surface area contributed by atoms with E-state index in [1.54, 1.807) is 11.9 Å². The van der Waals surface area contributed by atoms with E-state index in [-0.39, 0.29) is 23.0 Å². The molecule has 0 unspecified atom stereocenters. The fraction of sp³-hybridized carbons (Fsp3) is 0.333. The molecule has 138 valence electrons. The number of nitrogens with zero attached hydrogens (tertiary/aromatic N) is 5. The van der Waals surface area contributed by atoms with Crippen molar-refractivity contribution in [3.8, 4) is 0 Å². The molecule has 11 nitrogen and oxygen atoms in total. The van der Waals surface area contributed by atoms with Crippen LogP contribution in [-0.2, 0) is 0 Å². The predicted octanol–water partition coefficient (Wildman–Crippen LogP) is 2.97. The molecular weight excluding hydrogens is 342 g/mol. The van der Waals surface area contributed by atoms with Crippen molar-refractivity contribution in [1.29, 1.82) is 0 Å². The van der Waals surface area contributed by atoms with Gasteiger partial charge in [0.15, 0.2) is 0 Å².